The van der Waals surface area contributed by atoms with Crippen LogP contribution in [-0.2, 0) is 6.54 Å². The molecule has 4 heteroatoms. The zero-order chi connectivity index (χ0) is 9.84. The Balaban J connectivity index is 3.14. The van der Waals surface area contributed by atoms with Gasteiger partial charge in [-0.1, -0.05) is 0 Å². The Morgan fingerprint density at radius 3 is 2.85 bits per heavy atom. The lowest BCUT2D eigenvalue weighted by atomic mass is 10.1. The van der Waals surface area contributed by atoms with E-state index in [0.717, 1.165) is 6.07 Å². The average Bonchev–Trinajstić information content (AvgIpc) is 2.10. The number of hydrogen-bond donors (Lipinski definition) is 2. The van der Waals surface area contributed by atoms with E-state index in [2.05, 4.69) is 5.32 Å². The number of nitrogens with one attached hydrogen (secondary N) is 1. The topological polar surface area (TPSA) is 49.3 Å². The second-order valence-corrected chi connectivity index (χ2v) is 2.65. The predicted octanol–water partition coefficient (Wildman–Crippen LogP) is 1.06. The summed E-state index contributed by atoms with van der Waals surface area (Å²) in [5.74, 6) is -0.843. The Kier molecular flexibility index (Phi) is 2.97. The van der Waals surface area contributed by atoms with E-state index in [4.69, 9.17) is 5.11 Å². The van der Waals surface area contributed by atoms with Crippen LogP contribution in [-0.4, -0.2) is 18.4 Å². The molecule has 0 aromatic heterocycles. The summed E-state index contributed by atoms with van der Waals surface area (Å²) < 4.78 is 13.0. The molecule has 0 aliphatic heterocycles. The molecule has 0 spiro atoms. The summed E-state index contributed by atoms with van der Waals surface area (Å²) in [6, 6.07) is 2.27. The molecule has 0 aliphatic carbocycles. The second kappa shape index (κ2) is 4.00. The van der Waals surface area contributed by atoms with Crippen molar-refractivity contribution in [1.29, 1.82) is 0 Å². The van der Waals surface area contributed by atoms with Crippen LogP contribution in [0.4, 0.5) is 4.39 Å². The highest BCUT2D eigenvalue weighted by molar-refractivity contribution is 5.79. The standard InChI is InChI=1S/C9H10FNO2/c1-11-4-6-2-7(5-12)9(13)3-8(6)10/h2-3,5,11,13H,4H2,1H3. The molecule has 0 bridgehead atoms. The highest BCUT2D eigenvalue weighted by Crippen LogP contribution is 2.19. The minimum Gasteiger partial charge on any atom is -0.507 e. The first-order chi connectivity index (χ1) is 6.19. The van der Waals surface area contributed by atoms with Gasteiger partial charge in [-0.2, -0.15) is 0 Å². The van der Waals surface area contributed by atoms with E-state index in [1.165, 1.54) is 6.07 Å². The number of benzene rings is 1. The lowest BCUT2D eigenvalue weighted by Gasteiger charge is -2.04. The van der Waals surface area contributed by atoms with Crippen molar-refractivity contribution in [2.75, 3.05) is 7.05 Å². The fourth-order valence-electron chi connectivity index (χ4n) is 1.05. The summed E-state index contributed by atoms with van der Waals surface area (Å²) >= 11 is 0. The Morgan fingerprint density at radius 1 is 1.62 bits per heavy atom. The van der Waals surface area contributed by atoms with Crippen LogP contribution in [0.2, 0.25) is 0 Å². The lowest BCUT2D eigenvalue weighted by molar-refractivity contribution is 0.112. The number of aromatic hydroxyl groups is 1. The summed E-state index contributed by atoms with van der Waals surface area (Å²) in [5, 5.41) is 11.9. The average molecular weight is 183 g/mol. The van der Waals surface area contributed by atoms with Gasteiger partial charge in [-0.15, -0.1) is 0 Å². The van der Waals surface area contributed by atoms with Crippen molar-refractivity contribution >= 4 is 6.29 Å². The molecule has 0 saturated carbocycles. The van der Waals surface area contributed by atoms with Crippen LogP contribution in [0.1, 0.15) is 15.9 Å². The highest BCUT2D eigenvalue weighted by Gasteiger charge is 2.07. The molecule has 0 heterocycles. The smallest absolute Gasteiger partial charge is 0.153 e. The Hall–Kier alpha value is -1.42. The zero-order valence-corrected chi connectivity index (χ0v) is 7.17. The molecule has 13 heavy (non-hydrogen) atoms. The van der Waals surface area contributed by atoms with Crippen molar-refractivity contribution in [2.45, 2.75) is 6.54 Å². The first-order valence-corrected chi connectivity index (χ1v) is 3.80. The fraction of sp³-hybridized carbons (Fsp3) is 0.222. The summed E-state index contributed by atoms with van der Waals surface area (Å²) in [7, 11) is 1.67. The van der Waals surface area contributed by atoms with E-state index in [1.807, 2.05) is 0 Å². The number of halogens is 1. The van der Waals surface area contributed by atoms with Gasteiger partial charge in [0.25, 0.3) is 0 Å². The second-order valence-electron chi connectivity index (χ2n) is 2.65. The monoisotopic (exact) mass is 183 g/mol. The van der Waals surface area contributed by atoms with E-state index < -0.39 is 5.82 Å². The molecule has 1 aromatic rings. The molecular weight excluding hydrogens is 173 g/mol. The van der Waals surface area contributed by atoms with E-state index in [0.29, 0.717) is 18.4 Å². The molecule has 2 N–H and O–H groups in total. The van der Waals surface area contributed by atoms with Crippen molar-refractivity contribution in [3.8, 4) is 5.75 Å². The van der Waals surface area contributed by atoms with Crippen molar-refractivity contribution in [2.24, 2.45) is 0 Å². The molecular formula is C9H10FNO2. The van der Waals surface area contributed by atoms with Gasteiger partial charge in [0.15, 0.2) is 6.29 Å². The minimum atomic E-state index is -0.516. The molecule has 1 aromatic carbocycles. The fourth-order valence-corrected chi connectivity index (χ4v) is 1.05. The third-order valence-electron chi connectivity index (χ3n) is 1.69. The van der Waals surface area contributed by atoms with E-state index in [1.54, 1.807) is 7.05 Å². The largest absolute Gasteiger partial charge is 0.507 e. The minimum absolute atomic E-state index is 0.103. The van der Waals surface area contributed by atoms with Gasteiger partial charge in [0.05, 0.1) is 5.56 Å². The van der Waals surface area contributed by atoms with Gasteiger partial charge in [-0.3, -0.25) is 4.79 Å². The molecule has 1 rings (SSSR count). The SMILES string of the molecule is CNCc1cc(C=O)c(O)cc1F. The molecule has 0 unspecified atom stereocenters. The van der Waals surface area contributed by atoms with E-state index in [-0.39, 0.29) is 11.3 Å². The molecule has 0 aliphatic rings. The molecule has 0 fully saturated rings. The van der Waals surface area contributed by atoms with Crippen molar-refractivity contribution in [3.05, 3.63) is 29.1 Å². The number of aldehydes is 1. The van der Waals surface area contributed by atoms with Gasteiger partial charge in [0.2, 0.25) is 0 Å². The molecule has 3 nitrogen and oxygen atoms in total. The maximum absolute atomic E-state index is 13.0. The van der Waals surface area contributed by atoms with Crippen LogP contribution < -0.4 is 5.32 Å². The number of rotatable bonds is 3. The van der Waals surface area contributed by atoms with Crippen LogP contribution in [0.5, 0.6) is 5.75 Å². The van der Waals surface area contributed by atoms with E-state index in [9.17, 15) is 9.18 Å². The van der Waals surface area contributed by atoms with Gasteiger partial charge < -0.3 is 10.4 Å². The summed E-state index contributed by atoms with van der Waals surface area (Å²) in [5.41, 5.74) is 0.467. The summed E-state index contributed by atoms with van der Waals surface area (Å²) in [6.45, 7) is 0.326. The number of phenols is 1. The summed E-state index contributed by atoms with van der Waals surface area (Å²) in [4.78, 5) is 10.4. The summed E-state index contributed by atoms with van der Waals surface area (Å²) in [6.07, 6.45) is 0.494. The van der Waals surface area contributed by atoms with Gasteiger partial charge >= 0.3 is 0 Å². The van der Waals surface area contributed by atoms with Crippen molar-refractivity contribution in [1.82, 2.24) is 5.32 Å². The molecule has 0 amide bonds. The van der Waals surface area contributed by atoms with Gasteiger partial charge in [-0.05, 0) is 13.1 Å². The quantitative estimate of drug-likeness (QED) is 0.689. The molecule has 0 radical (unpaired) electrons. The van der Waals surface area contributed by atoms with E-state index >= 15 is 0 Å². The van der Waals surface area contributed by atoms with Gasteiger partial charge in [-0.25, -0.2) is 4.39 Å². The first kappa shape index (κ1) is 9.67. The Morgan fingerprint density at radius 2 is 2.31 bits per heavy atom. The van der Waals surface area contributed by atoms with Crippen molar-refractivity contribution in [3.63, 3.8) is 0 Å². The zero-order valence-electron chi connectivity index (χ0n) is 7.17. The highest BCUT2D eigenvalue weighted by atomic mass is 19.1. The van der Waals surface area contributed by atoms with Crippen LogP contribution >= 0.6 is 0 Å². The first-order valence-electron chi connectivity index (χ1n) is 3.80. The van der Waals surface area contributed by atoms with Crippen molar-refractivity contribution < 1.29 is 14.3 Å². The maximum Gasteiger partial charge on any atom is 0.153 e. The van der Waals surface area contributed by atoms with Gasteiger partial charge in [0.1, 0.15) is 11.6 Å². The van der Waals surface area contributed by atoms with Gasteiger partial charge in [0, 0.05) is 18.2 Å². The third kappa shape index (κ3) is 2.03. The molecule has 0 atom stereocenters. The number of carbonyl (C=O) groups excluding carboxylic acids is 1. The molecule has 0 saturated heterocycles. The van der Waals surface area contributed by atoms with Crippen LogP contribution in [0, 0.1) is 5.82 Å². The van der Waals surface area contributed by atoms with Crippen LogP contribution in [0.15, 0.2) is 12.1 Å². The number of carbonyl (C=O) groups is 1. The number of phenolic OH excluding ortho intramolecular Hbond substituents is 1. The van der Waals surface area contributed by atoms with Crippen LogP contribution in [0.25, 0.3) is 0 Å². The Bertz CT molecular complexity index is 326. The Labute approximate surface area is 75.2 Å². The predicted molar refractivity (Wildman–Crippen MR) is 46.2 cm³/mol. The third-order valence-corrected chi connectivity index (χ3v) is 1.69. The normalized spacial score (nSPS) is 10.0. The lowest BCUT2D eigenvalue weighted by Crippen LogP contribution is -2.07. The number of hydrogen-bond acceptors (Lipinski definition) is 3. The molecule has 70 valence electrons. The maximum atomic E-state index is 13.0. The van der Waals surface area contributed by atoms with Crippen LogP contribution in [0.3, 0.4) is 0 Å².